The second-order valence-corrected chi connectivity index (χ2v) is 9.74. The highest BCUT2D eigenvalue weighted by Gasteiger charge is 2.32. The molecule has 20 heavy (non-hydrogen) atoms. The summed E-state index contributed by atoms with van der Waals surface area (Å²) in [7, 11) is -3.02. The van der Waals surface area contributed by atoms with Crippen LogP contribution in [0, 0.1) is 0 Å². The molecule has 1 N–H and O–H groups in total. The van der Waals surface area contributed by atoms with Crippen LogP contribution in [0.5, 0.6) is 0 Å². The summed E-state index contributed by atoms with van der Waals surface area (Å²) in [6.45, 7) is 12.4. The van der Waals surface area contributed by atoms with Crippen LogP contribution in [0.4, 0.5) is 0 Å². The molecule has 0 bridgehead atoms. The maximum absolute atomic E-state index is 12.3. The Morgan fingerprint density at radius 3 is 2.40 bits per heavy atom. The molecule has 0 aromatic rings. The molecule has 0 saturated carbocycles. The van der Waals surface area contributed by atoms with Crippen molar-refractivity contribution in [3.63, 3.8) is 0 Å². The minimum absolute atomic E-state index is 0.270. The van der Waals surface area contributed by atoms with Gasteiger partial charge < -0.3 is 5.32 Å². The lowest BCUT2D eigenvalue weighted by molar-refractivity contribution is 0.130. The van der Waals surface area contributed by atoms with Gasteiger partial charge in [0.05, 0.1) is 10.5 Å². The second kappa shape index (κ2) is 7.23. The summed E-state index contributed by atoms with van der Waals surface area (Å²) in [4.78, 5) is 2.38. The third-order valence-electron chi connectivity index (χ3n) is 4.30. The summed E-state index contributed by atoms with van der Waals surface area (Å²) in [5, 5.41) is 3.59. The van der Waals surface area contributed by atoms with Gasteiger partial charge in [0.25, 0.3) is 0 Å². The number of hydrogen-bond donors (Lipinski definition) is 1. The third kappa shape index (κ3) is 4.71. The Morgan fingerprint density at radius 1 is 1.25 bits per heavy atom. The fourth-order valence-electron chi connectivity index (χ4n) is 2.69. The van der Waals surface area contributed by atoms with Gasteiger partial charge in [-0.2, -0.15) is 0 Å². The Bertz CT molecular complexity index is 387. The molecule has 1 aliphatic heterocycles. The van der Waals surface area contributed by atoms with Crippen LogP contribution < -0.4 is 5.32 Å². The zero-order chi connectivity index (χ0) is 15.4. The molecule has 120 valence electrons. The first-order chi connectivity index (χ1) is 9.21. The normalized spacial score (nSPS) is 25.9. The van der Waals surface area contributed by atoms with E-state index in [2.05, 4.69) is 24.1 Å². The van der Waals surface area contributed by atoms with E-state index in [1.165, 1.54) is 12.8 Å². The van der Waals surface area contributed by atoms with E-state index in [1.54, 1.807) is 20.8 Å². The van der Waals surface area contributed by atoms with Gasteiger partial charge in [0.2, 0.25) is 0 Å². The molecule has 1 saturated heterocycles. The van der Waals surface area contributed by atoms with Crippen molar-refractivity contribution in [2.75, 3.05) is 25.4 Å². The van der Waals surface area contributed by atoms with Gasteiger partial charge in [-0.05, 0) is 33.6 Å². The summed E-state index contributed by atoms with van der Waals surface area (Å²) in [5.41, 5.74) is 0. The number of piperazine rings is 1. The van der Waals surface area contributed by atoms with E-state index < -0.39 is 14.6 Å². The van der Waals surface area contributed by atoms with E-state index >= 15 is 0 Å². The van der Waals surface area contributed by atoms with Gasteiger partial charge in [0.1, 0.15) is 0 Å². The predicted molar refractivity (Wildman–Crippen MR) is 85.9 cm³/mol. The molecular formula is C15H32N2O2S. The van der Waals surface area contributed by atoms with Crippen molar-refractivity contribution in [2.24, 2.45) is 0 Å². The van der Waals surface area contributed by atoms with Crippen LogP contribution in [0.3, 0.4) is 0 Å². The van der Waals surface area contributed by atoms with Crippen LogP contribution in [-0.2, 0) is 9.84 Å². The quantitative estimate of drug-likeness (QED) is 0.816. The number of nitrogens with zero attached hydrogens (tertiary/aromatic N) is 1. The lowest BCUT2D eigenvalue weighted by Gasteiger charge is -2.40. The topological polar surface area (TPSA) is 49.4 Å². The second-order valence-electron chi connectivity index (χ2n) is 6.88. The molecule has 0 aromatic heterocycles. The highest BCUT2D eigenvalue weighted by Crippen LogP contribution is 2.18. The standard InChI is InChI=1S/C15H32N2O2S/c1-6-8-13-12-17(14(7-2)11-16-13)9-10-20(18,19)15(3,4)5/h13-14,16H,6-12H2,1-5H3. The van der Waals surface area contributed by atoms with Gasteiger partial charge in [-0.3, -0.25) is 4.90 Å². The summed E-state index contributed by atoms with van der Waals surface area (Å²) >= 11 is 0. The van der Waals surface area contributed by atoms with Crippen LogP contribution in [0.15, 0.2) is 0 Å². The summed E-state index contributed by atoms with van der Waals surface area (Å²) in [6.07, 6.45) is 3.41. The number of hydrogen-bond acceptors (Lipinski definition) is 4. The largest absolute Gasteiger partial charge is 0.311 e. The Balaban J connectivity index is 2.63. The van der Waals surface area contributed by atoms with Crippen LogP contribution >= 0.6 is 0 Å². The molecule has 0 aromatic carbocycles. The molecule has 2 atom stereocenters. The molecule has 1 rings (SSSR count). The first-order valence-corrected chi connectivity index (χ1v) is 9.56. The molecule has 0 spiro atoms. The molecule has 0 aliphatic carbocycles. The summed E-state index contributed by atoms with van der Waals surface area (Å²) in [6, 6.07) is 0.985. The van der Waals surface area contributed by atoms with E-state index in [4.69, 9.17) is 0 Å². The Morgan fingerprint density at radius 2 is 1.90 bits per heavy atom. The van der Waals surface area contributed by atoms with E-state index in [9.17, 15) is 8.42 Å². The maximum Gasteiger partial charge on any atom is 0.156 e. The molecular weight excluding hydrogens is 272 g/mol. The first kappa shape index (κ1) is 17.9. The Hall–Kier alpha value is -0.130. The molecule has 5 heteroatoms. The summed E-state index contributed by atoms with van der Waals surface area (Å²) in [5.74, 6) is 0.270. The van der Waals surface area contributed by atoms with E-state index in [1.807, 2.05) is 0 Å². The van der Waals surface area contributed by atoms with Crippen molar-refractivity contribution in [3.8, 4) is 0 Å². The number of rotatable bonds is 6. The molecule has 1 heterocycles. The molecule has 1 fully saturated rings. The van der Waals surface area contributed by atoms with Crippen molar-refractivity contribution in [1.82, 2.24) is 10.2 Å². The van der Waals surface area contributed by atoms with Crippen molar-refractivity contribution in [2.45, 2.75) is 70.7 Å². The van der Waals surface area contributed by atoms with Crippen LogP contribution in [0.25, 0.3) is 0 Å². The van der Waals surface area contributed by atoms with Crippen molar-refractivity contribution >= 4 is 9.84 Å². The van der Waals surface area contributed by atoms with E-state index in [0.717, 1.165) is 19.5 Å². The van der Waals surface area contributed by atoms with Crippen LogP contribution in [-0.4, -0.2) is 55.5 Å². The van der Waals surface area contributed by atoms with Gasteiger partial charge in [-0.15, -0.1) is 0 Å². The third-order valence-corrected chi connectivity index (χ3v) is 6.89. The molecule has 0 radical (unpaired) electrons. The van der Waals surface area contributed by atoms with Crippen molar-refractivity contribution < 1.29 is 8.42 Å². The van der Waals surface area contributed by atoms with Gasteiger partial charge in [-0.25, -0.2) is 8.42 Å². The van der Waals surface area contributed by atoms with Gasteiger partial charge in [0, 0.05) is 31.7 Å². The zero-order valence-corrected chi connectivity index (χ0v) is 14.6. The lowest BCUT2D eigenvalue weighted by Crippen LogP contribution is -2.57. The fraction of sp³-hybridized carbons (Fsp3) is 1.00. The van der Waals surface area contributed by atoms with E-state index in [0.29, 0.717) is 18.6 Å². The van der Waals surface area contributed by atoms with Crippen molar-refractivity contribution in [1.29, 1.82) is 0 Å². The summed E-state index contributed by atoms with van der Waals surface area (Å²) < 4.78 is 23.9. The molecule has 1 aliphatic rings. The van der Waals surface area contributed by atoms with Crippen molar-refractivity contribution in [3.05, 3.63) is 0 Å². The molecule has 0 amide bonds. The predicted octanol–water partition coefficient (Wildman–Crippen LogP) is 2.05. The zero-order valence-electron chi connectivity index (χ0n) is 13.8. The average Bonchev–Trinajstić information content (AvgIpc) is 2.35. The van der Waals surface area contributed by atoms with Crippen LogP contribution in [0.2, 0.25) is 0 Å². The number of nitrogens with one attached hydrogen (secondary N) is 1. The van der Waals surface area contributed by atoms with Gasteiger partial charge in [-0.1, -0.05) is 20.3 Å². The van der Waals surface area contributed by atoms with Crippen LogP contribution in [0.1, 0.15) is 53.9 Å². The average molecular weight is 305 g/mol. The highest BCUT2D eigenvalue weighted by molar-refractivity contribution is 7.92. The fourth-order valence-corrected chi connectivity index (χ4v) is 3.78. The highest BCUT2D eigenvalue weighted by atomic mass is 32.2. The maximum atomic E-state index is 12.3. The monoisotopic (exact) mass is 304 g/mol. The Kier molecular flexibility index (Phi) is 6.48. The number of sulfone groups is 1. The lowest BCUT2D eigenvalue weighted by atomic mass is 10.0. The first-order valence-electron chi connectivity index (χ1n) is 7.91. The minimum Gasteiger partial charge on any atom is -0.311 e. The SMILES string of the molecule is CCCC1CN(CCS(=O)(=O)C(C)(C)C)C(CC)CN1. The van der Waals surface area contributed by atoms with E-state index in [-0.39, 0.29) is 5.75 Å². The molecule has 2 unspecified atom stereocenters. The minimum atomic E-state index is -3.02. The van der Waals surface area contributed by atoms with Gasteiger partial charge >= 0.3 is 0 Å². The Labute approximate surface area is 125 Å². The van der Waals surface area contributed by atoms with Gasteiger partial charge in [0.15, 0.2) is 9.84 Å². The smallest absolute Gasteiger partial charge is 0.156 e. The molecule has 4 nitrogen and oxygen atoms in total.